The largest absolute Gasteiger partial charge is 0.337 e. The van der Waals surface area contributed by atoms with Crippen molar-refractivity contribution in [2.75, 3.05) is 0 Å². The van der Waals surface area contributed by atoms with Crippen LogP contribution in [0, 0.1) is 10.1 Å². The summed E-state index contributed by atoms with van der Waals surface area (Å²) in [6.07, 6.45) is 0. The molecule has 1 amide bonds. The number of carbonyl (C=O) groups excluding carboxylic acids is 1. The summed E-state index contributed by atoms with van der Waals surface area (Å²) in [5, 5.41) is 15.0. The van der Waals surface area contributed by atoms with Gasteiger partial charge in [0.2, 0.25) is 11.7 Å². The van der Waals surface area contributed by atoms with Crippen LogP contribution in [0.3, 0.4) is 0 Å². The molecule has 8 heteroatoms. The molecular weight excluding hydrogens is 360 g/mol. The molecule has 0 unspecified atom stereocenters. The van der Waals surface area contributed by atoms with Gasteiger partial charge in [-0.2, -0.15) is 4.98 Å². The van der Waals surface area contributed by atoms with Crippen LogP contribution in [-0.4, -0.2) is 31.4 Å². The Hall–Kier alpha value is -3.55. The van der Waals surface area contributed by atoms with E-state index in [1.54, 1.807) is 11.0 Å². The van der Waals surface area contributed by atoms with Gasteiger partial charge in [0.25, 0.3) is 11.6 Å². The summed E-state index contributed by atoms with van der Waals surface area (Å²) in [7, 11) is 0. The molecule has 8 nitrogen and oxygen atoms in total. The van der Waals surface area contributed by atoms with Crippen LogP contribution in [-0.2, 0) is 6.54 Å². The normalized spacial score (nSPS) is 11.2. The van der Waals surface area contributed by atoms with Gasteiger partial charge in [0, 0.05) is 28.8 Å². The van der Waals surface area contributed by atoms with Gasteiger partial charge in [0.15, 0.2) is 0 Å². The Bertz CT molecular complexity index is 993. The number of hydrogen-bond acceptors (Lipinski definition) is 6. The highest BCUT2D eigenvalue weighted by molar-refractivity contribution is 5.95. The van der Waals surface area contributed by atoms with E-state index in [1.807, 2.05) is 51.1 Å². The number of amides is 1. The van der Waals surface area contributed by atoms with E-state index >= 15 is 0 Å². The predicted octanol–water partition coefficient (Wildman–Crippen LogP) is 4.09. The number of carbonyl (C=O) groups is 1. The van der Waals surface area contributed by atoms with Gasteiger partial charge < -0.3 is 9.42 Å². The summed E-state index contributed by atoms with van der Waals surface area (Å²) in [6, 6.07) is 15.0. The van der Waals surface area contributed by atoms with Crippen LogP contribution in [0.1, 0.15) is 37.0 Å². The average molecular weight is 380 g/mol. The smallest absolute Gasteiger partial charge is 0.270 e. The van der Waals surface area contributed by atoms with Gasteiger partial charge in [0.05, 0.1) is 4.92 Å². The summed E-state index contributed by atoms with van der Waals surface area (Å²) in [6.45, 7) is 5.70. The second-order valence-electron chi connectivity index (χ2n) is 7.25. The zero-order valence-corrected chi connectivity index (χ0v) is 15.8. The molecule has 0 fully saturated rings. The number of rotatable bonds is 5. The molecular formula is C20H20N4O4. The van der Waals surface area contributed by atoms with Crippen LogP contribution in [0.2, 0.25) is 0 Å². The first-order valence-electron chi connectivity index (χ1n) is 8.70. The SMILES string of the molecule is CC(C)(C)N(Cc1nc(-c2ccccc2)no1)C(=O)c1cccc([N+](=O)[O-])c1. The van der Waals surface area contributed by atoms with Crippen molar-refractivity contribution in [3.8, 4) is 11.4 Å². The van der Waals surface area contributed by atoms with Crippen molar-refractivity contribution >= 4 is 11.6 Å². The van der Waals surface area contributed by atoms with Gasteiger partial charge >= 0.3 is 0 Å². The molecule has 3 rings (SSSR count). The topological polar surface area (TPSA) is 102 Å². The number of aromatic nitrogens is 2. The summed E-state index contributed by atoms with van der Waals surface area (Å²) in [4.78, 5) is 29.5. The van der Waals surface area contributed by atoms with E-state index < -0.39 is 10.5 Å². The molecule has 144 valence electrons. The predicted molar refractivity (Wildman–Crippen MR) is 102 cm³/mol. The van der Waals surface area contributed by atoms with E-state index in [2.05, 4.69) is 10.1 Å². The molecule has 0 aliphatic heterocycles. The van der Waals surface area contributed by atoms with E-state index in [4.69, 9.17) is 4.52 Å². The number of nitro benzene ring substituents is 1. The van der Waals surface area contributed by atoms with Crippen molar-refractivity contribution in [2.24, 2.45) is 0 Å². The van der Waals surface area contributed by atoms with Gasteiger partial charge in [0.1, 0.15) is 6.54 Å². The van der Waals surface area contributed by atoms with Crippen molar-refractivity contribution < 1.29 is 14.2 Å². The molecule has 2 aromatic carbocycles. The van der Waals surface area contributed by atoms with Gasteiger partial charge in [-0.05, 0) is 26.8 Å². The van der Waals surface area contributed by atoms with Crippen molar-refractivity contribution in [3.05, 3.63) is 76.2 Å². The molecule has 0 radical (unpaired) electrons. The zero-order chi connectivity index (χ0) is 20.3. The molecule has 0 atom stereocenters. The third kappa shape index (κ3) is 4.22. The Balaban J connectivity index is 1.88. The van der Waals surface area contributed by atoms with Crippen molar-refractivity contribution in [2.45, 2.75) is 32.9 Å². The average Bonchev–Trinajstić information content (AvgIpc) is 3.14. The van der Waals surface area contributed by atoms with Crippen LogP contribution < -0.4 is 0 Å². The highest BCUT2D eigenvalue weighted by atomic mass is 16.6. The Morgan fingerprint density at radius 2 is 1.86 bits per heavy atom. The summed E-state index contributed by atoms with van der Waals surface area (Å²) in [5.74, 6) is 0.371. The van der Waals surface area contributed by atoms with Crippen LogP contribution in [0.5, 0.6) is 0 Å². The number of non-ortho nitro benzene ring substituents is 1. The molecule has 0 aliphatic rings. The molecule has 0 saturated carbocycles. The minimum absolute atomic E-state index is 0.0882. The molecule has 0 bridgehead atoms. The number of nitrogens with zero attached hydrogens (tertiary/aromatic N) is 4. The number of benzene rings is 2. The fraction of sp³-hybridized carbons (Fsp3) is 0.250. The van der Waals surface area contributed by atoms with E-state index in [9.17, 15) is 14.9 Å². The second kappa shape index (κ2) is 7.59. The maximum atomic E-state index is 13.1. The van der Waals surface area contributed by atoms with E-state index in [0.717, 1.165) is 5.56 Å². The van der Waals surface area contributed by atoms with Crippen molar-refractivity contribution in [3.63, 3.8) is 0 Å². The highest BCUT2D eigenvalue weighted by Crippen LogP contribution is 2.23. The molecule has 1 heterocycles. The van der Waals surface area contributed by atoms with Gasteiger partial charge in [-0.25, -0.2) is 0 Å². The van der Waals surface area contributed by atoms with Crippen molar-refractivity contribution in [1.82, 2.24) is 15.0 Å². The lowest BCUT2D eigenvalue weighted by Crippen LogP contribution is -2.45. The number of hydrogen-bond donors (Lipinski definition) is 0. The van der Waals surface area contributed by atoms with Crippen LogP contribution in [0.15, 0.2) is 59.1 Å². The third-order valence-corrected chi connectivity index (χ3v) is 4.15. The summed E-state index contributed by atoms with van der Waals surface area (Å²) < 4.78 is 5.33. The zero-order valence-electron chi connectivity index (χ0n) is 15.8. The molecule has 0 N–H and O–H groups in total. The van der Waals surface area contributed by atoms with E-state index in [1.165, 1.54) is 18.2 Å². The van der Waals surface area contributed by atoms with Crippen molar-refractivity contribution in [1.29, 1.82) is 0 Å². The third-order valence-electron chi connectivity index (χ3n) is 4.15. The van der Waals surface area contributed by atoms with E-state index in [-0.39, 0.29) is 29.6 Å². The minimum Gasteiger partial charge on any atom is -0.337 e. The first kappa shape index (κ1) is 19.2. The summed E-state index contributed by atoms with van der Waals surface area (Å²) >= 11 is 0. The Kier molecular flexibility index (Phi) is 5.21. The first-order valence-corrected chi connectivity index (χ1v) is 8.70. The highest BCUT2D eigenvalue weighted by Gasteiger charge is 2.30. The maximum Gasteiger partial charge on any atom is 0.270 e. The maximum absolute atomic E-state index is 13.1. The lowest BCUT2D eigenvalue weighted by atomic mass is 10.0. The van der Waals surface area contributed by atoms with Gasteiger partial charge in [-0.1, -0.05) is 41.6 Å². The molecule has 28 heavy (non-hydrogen) atoms. The van der Waals surface area contributed by atoms with Gasteiger partial charge in [-0.3, -0.25) is 14.9 Å². The standard InChI is InChI=1S/C20H20N4O4/c1-20(2,3)23(19(25)15-10-7-11-16(12-15)24(26)27)13-17-21-18(22-28-17)14-8-5-4-6-9-14/h4-12H,13H2,1-3H3. The van der Waals surface area contributed by atoms with Crippen LogP contribution >= 0.6 is 0 Å². The summed E-state index contributed by atoms with van der Waals surface area (Å²) in [5.41, 5.74) is 0.337. The molecule has 0 saturated heterocycles. The Labute approximate surface area is 161 Å². The number of nitro groups is 1. The monoisotopic (exact) mass is 380 g/mol. The fourth-order valence-corrected chi connectivity index (χ4v) is 2.68. The first-order chi connectivity index (χ1) is 13.3. The lowest BCUT2D eigenvalue weighted by Gasteiger charge is -2.34. The Morgan fingerprint density at radius 1 is 1.14 bits per heavy atom. The molecule has 0 spiro atoms. The fourth-order valence-electron chi connectivity index (χ4n) is 2.68. The quantitative estimate of drug-likeness (QED) is 0.488. The minimum atomic E-state index is -0.566. The van der Waals surface area contributed by atoms with Gasteiger partial charge in [-0.15, -0.1) is 0 Å². The van der Waals surface area contributed by atoms with Crippen LogP contribution in [0.4, 0.5) is 5.69 Å². The second-order valence-corrected chi connectivity index (χ2v) is 7.25. The molecule has 1 aromatic heterocycles. The van der Waals surface area contributed by atoms with Crippen LogP contribution in [0.25, 0.3) is 11.4 Å². The molecule has 3 aromatic rings. The molecule has 0 aliphatic carbocycles. The lowest BCUT2D eigenvalue weighted by molar-refractivity contribution is -0.384. The van der Waals surface area contributed by atoms with E-state index in [0.29, 0.717) is 5.82 Å². The Morgan fingerprint density at radius 3 is 2.50 bits per heavy atom.